The lowest BCUT2D eigenvalue weighted by molar-refractivity contribution is -0.0490. The van der Waals surface area contributed by atoms with Gasteiger partial charge in [-0.25, -0.2) is 9.97 Å². The summed E-state index contributed by atoms with van der Waals surface area (Å²) in [6, 6.07) is 9.40. The number of halogens is 2. The number of likely N-dealkylation sites (tertiary alicyclic amines) is 1. The molecule has 1 aliphatic carbocycles. The smallest absolute Gasteiger partial charge is 0.387 e. The number of ether oxygens (including phenoxy) is 1. The van der Waals surface area contributed by atoms with E-state index in [0.29, 0.717) is 47.3 Å². The van der Waals surface area contributed by atoms with Gasteiger partial charge in [-0.3, -0.25) is 4.79 Å². The lowest BCUT2D eigenvalue weighted by Crippen LogP contribution is -2.48. The Morgan fingerprint density at radius 3 is 2.89 bits per heavy atom. The number of piperidine rings is 1. The molecule has 3 aliphatic rings. The van der Waals surface area contributed by atoms with Gasteiger partial charge in [0.2, 0.25) is 0 Å². The zero-order valence-corrected chi connectivity index (χ0v) is 21.2. The number of hydrogen-bond donors (Lipinski definition) is 1. The van der Waals surface area contributed by atoms with Crippen LogP contribution in [0.25, 0.3) is 33.6 Å². The van der Waals surface area contributed by atoms with Crippen LogP contribution in [0.2, 0.25) is 0 Å². The average molecular weight is 521 g/mol. The van der Waals surface area contributed by atoms with Crippen molar-refractivity contribution >= 4 is 28.0 Å². The van der Waals surface area contributed by atoms with E-state index in [4.69, 9.17) is 9.72 Å². The summed E-state index contributed by atoms with van der Waals surface area (Å²) >= 11 is 0. The molecule has 2 aliphatic heterocycles. The number of nitrogens with one attached hydrogen (secondary N) is 1. The van der Waals surface area contributed by atoms with Crippen LogP contribution in [0.5, 0.6) is 5.75 Å². The summed E-state index contributed by atoms with van der Waals surface area (Å²) < 4.78 is 36.0. The Hall–Kier alpha value is -3.53. The minimum absolute atomic E-state index is 0.0426. The predicted molar refractivity (Wildman–Crippen MR) is 139 cm³/mol. The molecule has 3 fully saturated rings. The van der Waals surface area contributed by atoms with Crippen molar-refractivity contribution in [3.63, 3.8) is 0 Å². The second-order valence-corrected chi connectivity index (χ2v) is 10.9. The molecule has 1 N–H and O–H groups in total. The Morgan fingerprint density at radius 1 is 1.21 bits per heavy atom. The minimum Gasteiger partial charge on any atom is -0.432 e. The van der Waals surface area contributed by atoms with E-state index < -0.39 is 6.61 Å². The van der Waals surface area contributed by atoms with Crippen LogP contribution in [0, 0.1) is 11.8 Å². The number of carbonyl (C=O) groups is 1. The van der Waals surface area contributed by atoms with Crippen molar-refractivity contribution < 1.29 is 18.3 Å². The van der Waals surface area contributed by atoms with E-state index in [1.807, 2.05) is 23.1 Å². The van der Waals surface area contributed by atoms with Crippen LogP contribution in [0.15, 0.2) is 36.5 Å². The summed E-state index contributed by atoms with van der Waals surface area (Å²) in [7, 11) is 1.80. The summed E-state index contributed by atoms with van der Waals surface area (Å²) in [5, 5.41) is 4.48. The molecule has 0 unspecified atom stereocenters. The van der Waals surface area contributed by atoms with Crippen molar-refractivity contribution in [1.29, 1.82) is 0 Å². The molecule has 3 aromatic heterocycles. The van der Waals surface area contributed by atoms with Crippen molar-refractivity contribution in [3.8, 4) is 17.3 Å². The summed E-state index contributed by atoms with van der Waals surface area (Å²) in [4.78, 5) is 24.8. The third kappa shape index (κ3) is 4.02. The second-order valence-electron chi connectivity index (χ2n) is 10.9. The van der Waals surface area contributed by atoms with Gasteiger partial charge in [0.1, 0.15) is 11.2 Å². The third-order valence-corrected chi connectivity index (χ3v) is 8.38. The zero-order chi connectivity index (χ0) is 26.0. The molecular formula is C28H30F2N6O2. The first-order valence-electron chi connectivity index (χ1n) is 13.4. The Kier molecular flexibility index (Phi) is 5.61. The maximum Gasteiger partial charge on any atom is 0.387 e. The number of aromatic nitrogens is 4. The second kappa shape index (κ2) is 9.04. The Morgan fingerprint density at radius 2 is 2.08 bits per heavy atom. The fraction of sp³-hybridized carbons (Fsp3) is 0.464. The maximum absolute atomic E-state index is 13.5. The summed E-state index contributed by atoms with van der Waals surface area (Å²) in [6.07, 6.45) is 6.22. The van der Waals surface area contributed by atoms with Gasteiger partial charge in [0.05, 0.1) is 11.2 Å². The molecular weight excluding hydrogens is 490 g/mol. The molecule has 2 atom stereocenters. The highest BCUT2D eigenvalue weighted by Gasteiger charge is 2.35. The molecule has 5 heterocycles. The van der Waals surface area contributed by atoms with Crippen LogP contribution >= 0.6 is 0 Å². The first-order chi connectivity index (χ1) is 18.5. The first kappa shape index (κ1) is 23.6. The molecule has 38 heavy (non-hydrogen) atoms. The molecule has 1 saturated carbocycles. The van der Waals surface area contributed by atoms with Gasteiger partial charge in [0.15, 0.2) is 11.6 Å². The number of alkyl halides is 2. The predicted octanol–water partition coefficient (Wildman–Crippen LogP) is 4.43. The van der Waals surface area contributed by atoms with Crippen LogP contribution in [-0.4, -0.2) is 62.2 Å². The van der Waals surface area contributed by atoms with Gasteiger partial charge in [-0.05, 0) is 74.4 Å². The molecule has 0 bridgehead atoms. The summed E-state index contributed by atoms with van der Waals surface area (Å²) in [6.45, 7) is 0.0556. The number of nitrogens with zero attached hydrogens (tertiary/aromatic N) is 5. The van der Waals surface area contributed by atoms with Gasteiger partial charge in [0, 0.05) is 49.9 Å². The highest BCUT2D eigenvalue weighted by molar-refractivity contribution is 6.00. The van der Waals surface area contributed by atoms with Gasteiger partial charge in [-0.1, -0.05) is 0 Å². The fourth-order valence-corrected chi connectivity index (χ4v) is 6.26. The van der Waals surface area contributed by atoms with E-state index in [0.717, 1.165) is 42.7 Å². The Balaban J connectivity index is 1.32. The van der Waals surface area contributed by atoms with E-state index in [2.05, 4.69) is 14.9 Å². The fourth-order valence-electron chi connectivity index (χ4n) is 6.26. The highest BCUT2D eigenvalue weighted by atomic mass is 19.3. The number of pyridine rings is 1. The van der Waals surface area contributed by atoms with E-state index in [9.17, 15) is 13.6 Å². The summed E-state index contributed by atoms with van der Waals surface area (Å²) in [5.41, 5.74) is 2.95. The Bertz CT molecular complexity index is 1540. The van der Waals surface area contributed by atoms with Gasteiger partial charge < -0.3 is 24.1 Å². The number of aryl methyl sites for hydroxylation is 1. The number of fused-ring (bicyclic) bond motifs is 3. The Labute approximate surface area is 218 Å². The first-order valence-corrected chi connectivity index (χ1v) is 13.4. The molecule has 0 radical (unpaired) electrons. The lowest BCUT2D eigenvalue weighted by atomic mass is 9.92. The third-order valence-electron chi connectivity index (χ3n) is 8.38. The largest absolute Gasteiger partial charge is 0.432 e. The molecule has 4 aromatic rings. The van der Waals surface area contributed by atoms with Gasteiger partial charge in [-0.15, -0.1) is 0 Å². The van der Waals surface area contributed by atoms with Gasteiger partial charge in [0.25, 0.3) is 5.91 Å². The van der Waals surface area contributed by atoms with E-state index in [1.54, 1.807) is 23.9 Å². The number of benzene rings is 1. The van der Waals surface area contributed by atoms with Gasteiger partial charge in [-0.2, -0.15) is 8.78 Å². The van der Waals surface area contributed by atoms with Crippen molar-refractivity contribution in [2.24, 2.45) is 18.9 Å². The van der Waals surface area contributed by atoms with Crippen molar-refractivity contribution in [3.05, 3.63) is 42.1 Å². The van der Waals surface area contributed by atoms with Crippen molar-refractivity contribution in [1.82, 2.24) is 29.3 Å². The topological polar surface area (TPSA) is 77.2 Å². The van der Waals surface area contributed by atoms with Crippen LogP contribution in [-0.2, 0) is 13.6 Å². The SMILES string of the molecule is Cn1c(-c2cc3cccnc3n2CC2CC2)nc2cc(C(=O)N3CC[C@@H]4CCN[C@@H]4C3)cc(OC(F)F)c21. The van der Waals surface area contributed by atoms with Crippen molar-refractivity contribution in [2.75, 3.05) is 19.6 Å². The number of rotatable bonds is 6. The standard InChI is InChI=1S/C28H30F2N6O2/c1-34-24-20(33-26(34)22-12-18-3-2-8-32-25(18)36(22)14-16-4-5-16)11-19(13-23(24)38-28(29)30)27(37)35-10-7-17-6-9-31-21(17)15-35/h2-3,8,11-13,16-17,21,28,31H,4-7,9-10,14-15H2,1H3/t17-,21+/m0/s1. The molecule has 7 rings (SSSR count). The van der Waals surface area contributed by atoms with E-state index in [-0.39, 0.29) is 17.7 Å². The highest BCUT2D eigenvalue weighted by Crippen LogP contribution is 2.38. The van der Waals surface area contributed by atoms with Crippen LogP contribution < -0.4 is 10.1 Å². The maximum atomic E-state index is 13.5. The van der Waals surface area contributed by atoms with Crippen LogP contribution in [0.4, 0.5) is 8.78 Å². The van der Waals surface area contributed by atoms with Crippen molar-refractivity contribution in [2.45, 2.75) is 44.9 Å². The quantitative estimate of drug-likeness (QED) is 0.407. The normalized spacial score (nSPS) is 21.5. The number of imidazole rings is 1. The monoisotopic (exact) mass is 520 g/mol. The number of amides is 1. The van der Waals surface area contributed by atoms with E-state index in [1.165, 1.54) is 18.9 Å². The molecule has 1 aromatic carbocycles. The molecule has 8 nitrogen and oxygen atoms in total. The minimum atomic E-state index is -3.02. The number of hydrogen-bond acceptors (Lipinski definition) is 5. The average Bonchev–Trinajstić information content (AvgIpc) is 3.33. The zero-order valence-electron chi connectivity index (χ0n) is 21.2. The molecule has 10 heteroatoms. The lowest BCUT2D eigenvalue weighted by Gasteiger charge is -2.35. The molecule has 1 amide bonds. The number of carbonyl (C=O) groups excluding carboxylic acids is 1. The van der Waals surface area contributed by atoms with Crippen LogP contribution in [0.1, 0.15) is 36.0 Å². The summed E-state index contributed by atoms with van der Waals surface area (Å²) in [5.74, 6) is 1.59. The molecule has 2 saturated heterocycles. The molecule has 198 valence electrons. The van der Waals surface area contributed by atoms with E-state index >= 15 is 0 Å². The van der Waals surface area contributed by atoms with Crippen LogP contribution in [0.3, 0.4) is 0 Å². The van der Waals surface area contributed by atoms with Gasteiger partial charge >= 0.3 is 6.61 Å². The molecule has 0 spiro atoms.